The molecule has 0 aromatic carbocycles. The van der Waals surface area contributed by atoms with Crippen LogP contribution in [0, 0.1) is 13.8 Å². The highest BCUT2D eigenvalue weighted by Crippen LogP contribution is 2.18. The van der Waals surface area contributed by atoms with Gasteiger partial charge in [-0.25, -0.2) is 9.98 Å². The zero-order valence-electron chi connectivity index (χ0n) is 12.9. The van der Waals surface area contributed by atoms with Gasteiger partial charge in [-0.15, -0.1) is 35.3 Å². The molecule has 0 saturated carbocycles. The van der Waals surface area contributed by atoms with Crippen LogP contribution in [-0.2, 0) is 6.54 Å². The van der Waals surface area contributed by atoms with E-state index in [9.17, 15) is 5.11 Å². The summed E-state index contributed by atoms with van der Waals surface area (Å²) >= 11 is 1.72. The summed E-state index contributed by atoms with van der Waals surface area (Å²) in [6, 6.07) is 0. The molecule has 1 fully saturated rings. The number of piperidine rings is 1. The minimum Gasteiger partial charge on any atom is -0.393 e. The molecule has 0 spiro atoms. The van der Waals surface area contributed by atoms with Gasteiger partial charge in [0.15, 0.2) is 5.96 Å². The molecule has 0 aliphatic carbocycles. The molecule has 7 heteroatoms. The minimum absolute atomic E-state index is 0. The van der Waals surface area contributed by atoms with E-state index < -0.39 is 0 Å². The molecule has 2 rings (SSSR count). The summed E-state index contributed by atoms with van der Waals surface area (Å²) < 4.78 is 0. The molecule has 2 heterocycles. The highest BCUT2D eigenvalue weighted by Gasteiger charge is 2.19. The van der Waals surface area contributed by atoms with Crippen molar-refractivity contribution in [2.75, 3.05) is 19.6 Å². The third kappa shape index (κ3) is 5.37. The van der Waals surface area contributed by atoms with E-state index in [-0.39, 0.29) is 30.1 Å². The van der Waals surface area contributed by atoms with E-state index in [0.29, 0.717) is 6.54 Å². The molecule has 1 aromatic heterocycles. The van der Waals surface area contributed by atoms with Crippen LogP contribution in [0.1, 0.15) is 35.3 Å². The molecule has 2 N–H and O–H groups in total. The van der Waals surface area contributed by atoms with Gasteiger partial charge in [0.05, 0.1) is 23.4 Å². The number of nitrogens with zero attached hydrogens (tertiary/aromatic N) is 3. The Morgan fingerprint density at radius 1 is 1.43 bits per heavy atom. The van der Waals surface area contributed by atoms with Crippen LogP contribution in [0.25, 0.3) is 0 Å². The Labute approximate surface area is 147 Å². The van der Waals surface area contributed by atoms with Crippen molar-refractivity contribution in [1.82, 2.24) is 15.2 Å². The Bertz CT molecular complexity index is 470. The van der Waals surface area contributed by atoms with Crippen molar-refractivity contribution in [3.8, 4) is 0 Å². The van der Waals surface area contributed by atoms with Gasteiger partial charge in [0.1, 0.15) is 0 Å². The van der Waals surface area contributed by atoms with E-state index in [4.69, 9.17) is 4.99 Å². The number of thiazole rings is 1. The smallest absolute Gasteiger partial charge is 0.194 e. The Hall–Kier alpha value is -0.410. The highest BCUT2D eigenvalue weighted by atomic mass is 127. The van der Waals surface area contributed by atoms with Crippen LogP contribution in [-0.4, -0.2) is 46.7 Å². The number of guanidine groups is 1. The molecule has 120 valence electrons. The van der Waals surface area contributed by atoms with E-state index in [2.05, 4.69) is 22.1 Å². The van der Waals surface area contributed by atoms with Crippen molar-refractivity contribution in [1.29, 1.82) is 0 Å². The lowest BCUT2D eigenvalue weighted by molar-refractivity contribution is 0.108. The molecular weight excluding hydrogens is 399 g/mol. The third-order valence-electron chi connectivity index (χ3n) is 3.47. The van der Waals surface area contributed by atoms with Crippen LogP contribution in [0.5, 0.6) is 0 Å². The number of aryl methyl sites for hydroxylation is 2. The monoisotopic (exact) mass is 424 g/mol. The van der Waals surface area contributed by atoms with Crippen LogP contribution in [0.4, 0.5) is 0 Å². The van der Waals surface area contributed by atoms with Gasteiger partial charge in [-0.2, -0.15) is 0 Å². The SMILES string of the molecule is CCNC(=NCc1sc(C)nc1C)N1CCC(O)CC1.I. The maximum Gasteiger partial charge on any atom is 0.194 e. The van der Waals surface area contributed by atoms with E-state index >= 15 is 0 Å². The number of nitrogens with one attached hydrogen (secondary N) is 1. The first-order valence-electron chi connectivity index (χ1n) is 7.24. The van der Waals surface area contributed by atoms with Crippen molar-refractivity contribution in [3.63, 3.8) is 0 Å². The van der Waals surface area contributed by atoms with Crippen LogP contribution >= 0.6 is 35.3 Å². The zero-order chi connectivity index (χ0) is 14.5. The van der Waals surface area contributed by atoms with Crippen molar-refractivity contribution in [2.24, 2.45) is 4.99 Å². The third-order valence-corrected chi connectivity index (χ3v) is 4.53. The number of rotatable bonds is 3. The fraction of sp³-hybridized carbons (Fsp3) is 0.714. The fourth-order valence-corrected chi connectivity index (χ4v) is 3.23. The number of aromatic nitrogens is 1. The van der Waals surface area contributed by atoms with Crippen molar-refractivity contribution in [3.05, 3.63) is 15.6 Å². The van der Waals surface area contributed by atoms with Crippen LogP contribution < -0.4 is 5.32 Å². The number of hydrogen-bond acceptors (Lipinski definition) is 4. The number of hydrogen-bond donors (Lipinski definition) is 2. The van der Waals surface area contributed by atoms with Gasteiger partial charge in [0.2, 0.25) is 0 Å². The Kier molecular flexibility index (Phi) is 7.89. The molecule has 0 bridgehead atoms. The van der Waals surface area contributed by atoms with Gasteiger partial charge < -0.3 is 15.3 Å². The first kappa shape index (κ1) is 18.6. The van der Waals surface area contributed by atoms with Crippen molar-refractivity contribution >= 4 is 41.3 Å². The van der Waals surface area contributed by atoms with E-state index in [1.54, 1.807) is 11.3 Å². The van der Waals surface area contributed by atoms with Crippen LogP contribution in [0.2, 0.25) is 0 Å². The lowest BCUT2D eigenvalue weighted by Gasteiger charge is -2.32. The summed E-state index contributed by atoms with van der Waals surface area (Å²) in [7, 11) is 0. The molecule has 5 nitrogen and oxygen atoms in total. The Balaban J connectivity index is 0.00000220. The maximum absolute atomic E-state index is 9.59. The average molecular weight is 424 g/mol. The maximum atomic E-state index is 9.59. The standard InChI is InChI=1S/C14H24N4OS.HI/c1-4-15-14(18-7-5-12(19)6-8-18)16-9-13-10(2)17-11(3)20-13;/h12,19H,4-9H2,1-3H3,(H,15,16);1H. The summed E-state index contributed by atoms with van der Waals surface area (Å²) in [6.07, 6.45) is 1.49. The molecule has 0 amide bonds. The molecular formula is C14H25IN4OS. The van der Waals surface area contributed by atoms with E-state index in [1.165, 1.54) is 4.88 Å². The van der Waals surface area contributed by atoms with Gasteiger partial charge in [-0.1, -0.05) is 0 Å². The first-order valence-corrected chi connectivity index (χ1v) is 8.06. The summed E-state index contributed by atoms with van der Waals surface area (Å²) in [5.41, 5.74) is 1.08. The molecule has 0 atom stereocenters. The quantitative estimate of drug-likeness (QED) is 0.444. The summed E-state index contributed by atoms with van der Waals surface area (Å²) in [6.45, 7) is 9.43. The summed E-state index contributed by atoms with van der Waals surface area (Å²) in [5.74, 6) is 0.949. The van der Waals surface area contributed by atoms with Crippen LogP contribution in [0.15, 0.2) is 4.99 Å². The number of aliphatic hydroxyl groups excluding tert-OH is 1. The normalized spacial score (nSPS) is 16.8. The van der Waals surface area contributed by atoms with Crippen LogP contribution in [0.3, 0.4) is 0 Å². The van der Waals surface area contributed by atoms with Gasteiger partial charge in [0.25, 0.3) is 0 Å². The second-order valence-corrected chi connectivity index (χ2v) is 6.42. The largest absolute Gasteiger partial charge is 0.393 e. The Morgan fingerprint density at radius 3 is 2.62 bits per heavy atom. The lowest BCUT2D eigenvalue weighted by Crippen LogP contribution is -2.46. The summed E-state index contributed by atoms with van der Waals surface area (Å²) in [5, 5.41) is 14.0. The van der Waals surface area contributed by atoms with Gasteiger partial charge >= 0.3 is 0 Å². The summed E-state index contributed by atoms with van der Waals surface area (Å²) in [4.78, 5) is 12.6. The molecule has 0 radical (unpaired) electrons. The molecule has 21 heavy (non-hydrogen) atoms. The number of halogens is 1. The minimum atomic E-state index is -0.152. The van der Waals surface area contributed by atoms with E-state index in [0.717, 1.165) is 49.1 Å². The molecule has 1 aliphatic heterocycles. The predicted molar refractivity (Wildman–Crippen MR) is 98.6 cm³/mol. The van der Waals surface area contributed by atoms with Gasteiger partial charge in [0, 0.05) is 24.5 Å². The Morgan fingerprint density at radius 2 is 2.10 bits per heavy atom. The zero-order valence-corrected chi connectivity index (χ0v) is 16.1. The van der Waals surface area contributed by atoms with E-state index in [1.807, 2.05) is 13.8 Å². The van der Waals surface area contributed by atoms with Crippen molar-refractivity contribution in [2.45, 2.75) is 46.3 Å². The topological polar surface area (TPSA) is 60.8 Å². The predicted octanol–water partition coefficient (Wildman–Crippen LogP) is 2.30. The molecule has 1 saturated heterocycles. The lowest BCUT2D eigenvalue weighted by atomic mass is 10.1. The first-order chi connectivity index (χ1) is 9.60. The number of likely N-dealkylation sites (tertiary alicyclic amines) is 1. The van der Waals surface area contributed by atoms with Gasteiger partial charge in [-0.05, 0) is 33.6 Å². The second-order valence-electron chi connectivity index (χ2n) is 5.13. The number of aliphatic imine (C=N–C) groups is 1. The number of aliphatic hydroxyl groups is 1. The van der Waals surface area contributed by atoms with Crippen molar-refractivity contribution < 1.29 is 5.11 Å². The van der Waals surface area contributed by atoms with Gasteiger partial charge in [-0.3, -0.25) is 0 Å². The highest BCUT2D eigenvalue weighted by molar-refractivity contribution is 14.0. The second kappa shape index (κ2) is 8.89. The molecule has 1 aromatic rings. The molecule has 0 unspecified atom stereocenters. The average Bonchev–Trinajstić information content (AvgIpc) is 2.74. The molecule has 1 aliphatic rings. The fourth-order valence-electron chi connectivity index (χ4n) is 2.37.